The van der Waals surface area contributed by atoms with Gasteiger partial charge >= 0.3 is 0 Å². The van der Waals surface area contributed by atoms with Crippen molar-refractivity contribution in [2.24, 2.45) is 5.10 Å². The second kappa shape index (κ2) is 7.99. The number of nitrogens with one attached hydrogen (secondary N) is 1. The fourth-order valence-corrected chi connectivity index (χ4v) is 4.21. The highest BCUT2D eigenvalue weighted by molar-refractivity contribution is 6.13. The molecule has 4 heteroatoms. The third-order valence-corrected chi connectivity index (χ3v) is 5.77. The topological polar surface area (TPSA) is 44.7 Å². The maximum atomic E-state index is 12.6. The van der Waals surface area contributed by atoms with Gasteiger partial charge in [-0.15, -0.1) is 0 Å². The van der Waals surface area contributed by atoms with Crippen LogP contribution in [0.5, 0.6) is 0 Å². The lowest BCUT2D eigenvalue weighted by molar-refractivity contribution is 0.0955. The number of carbonyl (C=O) groups excluding carboxylic acids is 1. The minimum Gasteiger partial charge on any atom is -0.372 e. The van der Waals surface area contributed by atoms with E-state index in [4.69, 9.17) is 0 Å². The molecule has 0 unspecified atom stereocenters. The monoisotopic (exact) mass is 393 g/mol. The summed E-state index contributed by atoms with van der Waals surface area (Å²) in [6.07, 6.45) is 4.22. The van der Waals surface area contributed by atoms with Gasteiger partial charge in [-0.05, 0) is 64.7 Å². The van der Waals surface area contributed by atoms with Gasteiger partial charge in [0.15, 0.2) is 0 Å². The molecule has 1 fully saturated rings. The molecule has 0 aliphatic carbocycles. The van der Waals surface area contributed by atoms with Crippen LogP contribution in [0.4, 0.5) is 5.69 Å². The highest BCUT2D eigenvalue weighted by atomic mass is 16.2. The van der Waals surface area contributed by atoms with Crippen LogP contribution in [0.25, 0.3) is 21.5 Å². The molecule has 1 aliphatic heterocycles. The van der Waals surface area contributed by atoms with Crippen molar-refractivity contribution < 1.29 is 4.79 Å². The van der Waals surface area contributed by atoms with E-state index in [1.165, 1.54) is 18.5 Å². The zero-order chi connectivity index (χ0) is 20.3. The number of benzene rings is 4. The number of hydrazone groups is 1. The molecule has 0 saturated carbocycles. The van der Waals surface area contributed by atoms with Crippen molar-refractivity contribution in [3.63, 3.8) is 0 Å². The molecular formula is C26H23N3O. The van der Waals surface area contributed by atoms with Crippen LogP contribution in [0, 0.1) is 0 Å². The first kappa shape index (κ1) is 18.4. The Kier molecular flexibility index (Phi) is 4.89. The maximum absolute atomic E-state index is 12.6. The number of carbonyl (C=O) groups is 1. The van der Waals surface area contributed by atoms with Crippen molar-refractivity contribution in [1.29, 1.82) is 0 Å². The van der Waals surface area contributed by atoms with Gasteiger partial charge in [-0.3, -0.25) is 4.79 Å². The lowest BCUT2D eigenvalue weighted by Crippen LogP contribution is -2.19. The zero-order valence-corrected chi connectivity index (χ0v) is 16.7. The Morgan fingerprint density at radius 3 is 2.07 bits per heavy atom. The first-order valence-corrected chi connectivity index (χ1v) is 10.4. The van der Waals surface area contributed by atoms with Crippen molar-refractivity contribution in [2.75, 3.05) is 18.0 Å². The largest absolute Gasteiger partial charge is 0.372 e. The number of anilines is 1. The van der Waals surface area contributed by atoms with Crippen molar-refractivity contribution in [3.8, 4) is 0 Å². The molecule has 0 radical (unpaired) electrons. The van der Waals surface area contributed by atoms with Crippen LogP contribution in [0.2, 0.25) is 0 Å². The highest BCUT2D eigenvalue weighted by Gasteiger charge is 2.13. The third kappa shape index (κ3) is 3.52. The van der Waals surface area contributed by atoms with Crippen LogP contribution in [0.1, 0.15) is 28.8 Å². The fourth-order valence-electron chi connectivity index (χ4n) is 4.21. The first-order valence-electron chi connectivity index (χ1n) is 10.4. The Morgan fingerprint density at radius 2 is 1.43 bits per heavy atom. The molecule has 4 aromatic carbocycles. The summed E-state index contributed by atoms with van der Waals surface area (Å²) < 4.78 is 0. The minimum absolute atomic E-state index is 0.205. The molecule has 1 N–H and O–H groups in total. The van der Waals surface area contributed by atoms with E-state index in [1.54, 1.807) is 6.21 Å². The molecule has 30 heavy (non-hydrogen) atoms. The summed E-state index contributed by atoms with van der Waals surface area (Å²) >= 11 is 0. The molecule has 1 saturated heterocycles. The van der Waals surface area contributed by atoms with Crippen LogP contribution in [0.15, 0.2) is 84.0 Å². The molecule has 0 atom stereocenters. The van der Waals surface area contributed by atoms with E-state index in [0.717, 1.165) is 40.2 Å². The summed E-state index contributed by atoms with van der Waals surface area (Å²) in [5.74, 6) is -0.205. The normalized spacial score (nSPS) is 14.1. The molecule has 1 amide bonds. The predicted molar refractivity (Wildman–Crippen MR) is 124 cm³/mol. The average Bonchev–Trinajstić information content (AvgIpc) is 3.33. The van der Waals surface area contributed by atoms with E-state index >= 15 is 0 Å². The molecule has 0 spiro atoms. The molecule has 1 aliphatic rings. The van der Waals surface area contributed by atoms with Gasteiger partial charge in [0.25, 0.3) is 5.91 Å². The number of nitrogens with zero attached hydrogens (tertiary/aromatic N) is 2. The van der Waals surface area contributed by atoms with E-state index in [2.05, 4.69) is 45.8 Å². The van der Waals surface area contributed by atoms with Gasteiger partial charge in [0.2, 0.25) is 0 Å². The van der Waals surface area contributed by atoms with Crippen molar-refractivity contribution in [1.82, 2.24) is 5.43 Å². The predicted octanol–water partition coefficient (Wildman–Crippen LogP) is 5.36. The van der Waals surface area contributed by atoms with Crippen molar-refractivity contribution >= 4 is 39.4 Å². The molecule has 4 aromatic rings. The van der Waals surface area contributed by atoms with E-state index in [-0.39, 0.29) is 5.91 Å². The summed E-state index contributed by atoms with van der Waals surface area (Å²) in [6.45, 7) is 2.18. The van der Waals surface area contributed by atoms with Gasteiger partial charge in [0, 0.05) is 29.9 Å². The molecule has 1 heterocycles. The molecule has 4 nitrogen and oxygen atoms in total. The van der Waals surface area contributed by atoms with E-state index in [1.807, 2.05) is 48.5 Å². The smallest absolute Gasteiger partial charge is 0.271 e. The molecule has 148 valence electrons. The van der Waals surface area contributed by atoms with Crippen LogP contribution in [-0.2, 0) is 0 Å². The molecular weight excluding hydrogens is 370 g/mol. The fraction of sp³-hybridized carbons (Fsp3) is 0.154. The second-order valence-corrected chi connectivity index (χ2v) is 7.67. The molecule has 0 bridgehead atoms. The third-order valence-electron chi connectivity index (χ3n) is 5.77. The Bertz CT molecular complexity index is 1180. The SMILES string of the molecule is O=C(N/N=C\c1c2ccccc2cc2ccccc12)c1ccc(N2CCCC2)cc1. The Balaban J connectivity index is 1.39. The van der Waals surface area contributed by atoms with Crippen molar-refractivity contribution in [3.05, 3.63) is 90.0 Å². The van der Waals surface area contributed by atoms with E-state index in [9.17, 15) is 4.79 Å². The first-order chi connectivity index (χ1) is 14.8. The zero-order valence-electron chi connectivity index (χ0n) is 16.7. The van der Waals surface area contributed by atoms with Gasteiger partial charge in [-0.25, -0.2) is 5.43 Å². The number of fused-ring (bicyclic) bond motifs is 2. The summed E-state index contributed by atoms with van der Waals surface area (Å²) in [5, 5.41) is 8.82. The van der Waals surface area contributed by atoms with Crippen molar-refractivity contribution in [2.45, 2.75) is 12.8 Å². The Morgan fingerprint density at radius 1 is 0.833 bits per heavy atom. The van der Waals surface area contributed by atoms with Crippen LogP contribution in [-0.4, -0.2) is 25.2 Å². The number of rotatable bonds is 4. The lowest BCUT2D eigenvalue weighted by Gasteiger charge is -2.17. The lowest BCUT2D eigenvalue weighted by atomic mass is 9.97. The van der Waals surface area contributed by atoms with Crippen LogP contribution in [0.3, 0.4) is 0 Å². The molecule has 0 aromatic heterocycles. The average molecular weight is 393 g/mol. The standard InChI is InChI=1S/C26H23N3O/c30-26(19-11-13-22(14-12-19)29-15-5-6-16-29)28-27-18-25-23-9-3-1-7-20(23)17-21-8-2-4-10-24(21)25/h1-4,7-14,17-18H,5-6,15-16H2,(H,28,30)/b27-18-. The quantitative estimate of drug-likeness (QED) is 0.288. The second-order valence-electron chi connectivity index (χ2n) is 7.67. The van der Waals surface area contributed by atoms with E-state index in [0.29, 0.717) is 5.56 Å². The Labute approximate surface area is 175 Å². The van der Waals surface area contributed by atoms with Gasteiger partial charge in [-0.1, -0.05) is 48.5 Å². The maximum Gasteiger partial charge on any atom is 0.271 e. The van der Waals surface area contributed by atoms with Gasteiger partial charge in [-0.2, -0.15) is 5.10 Å². The number of hydrogen-bond acceptors (Lipinski definition) is 3. The highest BCUT2D eigenvalue weighted by Crippen LogP contribution is 2.27. The summed E-state index contributed by atoms with van der Waals surface area (Å²) in [7, 11) is 0. The van der Waals surface area contributed by atoms with Crippen LogP contribution >= 0.6 is 0 Å². The summed E-state index contributed by atoms with van der Waals surface area (Å²) in [5.41, 5.74) is 5.48. The molecule has 5 rings (SSSR count). The van der Waals surface area contributed by atoms with Gasteiger partial charge in [0.1, 0.15) is 0 Å². The summed E-state index contributed by atoms with van der Waals surface area (Å²) in [4.78, 5) is 14.9. The minimum atomic E-state index is -0.205. The summed E-state index contributed by atoms with van der Waals surface area (Å²) in [6, 6.07) is 26.4. The van der Waals surface area contributed by atoms with Crippen LogP contribution < -0.4 is 10.3 Å². The number of amides is 1. The van der Waals surface area contributed by atoms with Gasteiger partial charge < -0.3 is 4.90 Å². The van der Waals surface area contributed by atoms with Gasteiger partial charge in [0.05, 0.1) is 6.21 Å². The Hall–Kier alpha value is -3.66. The number of hydrogen-bond donors (Lipinski definition) is 1. The van der Waals surface area contributed by atoms with E-state index < -0.39 is 0 Å².